The van der Waals surface area contributed by atoms with Gasteiger partial charge in [-0.1, -0.05) is 0 Å². The number of hydrogen-bond donors (Lipinski definition) is 5. The molecule has 1 aliphatic rings. The molecule has 1 rings (SSSR count). The molecule has 1 aliphatic heterocycles. The van der Waals surface area contributed by atoms with E-state index in [2.05, 4.69) is 4.74 Å². The molecule has 0 aromatic rings. The van der Waals surface area contributed by atoms with Gasteiger partial charge in [0.25, 0.3) is 10.1 Å². The molecule has 90 valence electrons. The number of nitrogens with two attached hydrogens (primary N) is 1. The Morgan fingerprint density at radius 2 is 1.73 bits per heavy atom. The Morgan fingerprint density at radius 3 is 2.20 bits per heavy atom. The Kier molecular flexibility index (Phi) is 3.66. The topological polar surface area (TPSA) is 150 Å². The quantitative estimate of drug-likeness (QED) is 0.315. The molecule has 0 aliphatic carbocycles. The highest BCUT2D eigenvalue weighted by atomic mass is 32.2. The van der Waals surface area contributed by atoms with E-state index in [0.29, 0.717) is 0 Å². The summed E-state index contributed by atoms with van der Waals surface area (Å²) in [7, 11) is -4.37. The second-order valence-corrected chi connectivity index (χ2v) is 4.87. The van der Waals surface area contributed by atoms with Crippen molar-refractivity contribution >= 4 is 10.1 Å². The summed E-state index contributed by atoms with van der Waals surface area (Å²) in [6.45, 7) is 0. The third kappa shape index (κ3) is 3.08. The normalized spacial score (nSPS) is 42.9. The maximum Gasteiger partial charge on any atom is 0.267 e. The molecule has 0 aromatic carbocycles. The van der Waals surface area contributed by atoms with Crippen LogP contribution < -0.4 is 5.73 Å². The van der Waals surface area contributed by atoms with Gasteiger partial charge >= 0.3 is 0 Å². The van der Waals surface area contributed by atoms with Gasteiger partial charge in [-0.15, -0.1) is 0 Å². The van der Waals surface area contributed by atoms with Crippen LogP contribution in [0.5, 0.6) is 0 Å². The van der Waals surface area contributed by atoms with E-state index in [0.717, 1.165) is 0 Å². The van der Waals surface area contributed by atoms with E-state index in [1.807, 2.05) is 0 Å². The SMILES string of the molecule is N[C@@H]1[C@@H](O)[C@H](O)[C@@H](CS(=O)(=O)O)O[C@H]1O. The lowest BCUT2D eigenvalue weighted by atomic mass is 9.98. The molecule has 15 heavy (non-hydrogen) atoms. The number of aliphatic hydroxyl groups excluding tert-OH is 3. The van der Waals surface area contributed by atoms with Crippen molar-refractivity contribution in [2.75, 3.05) is 5.75 Å². The number of aliphatic hydroxyl groups is 3. The van der Waals surface area contributed by atoms with Crippen LogP contribution in [0.2, 0.25) is 0 Å². The minimum atomic E-state index is -4.37. The van der Waals surface area contributed by atoms with Crippen LogP contribution in [0.25, 0.3) is 0 Å². The van der Waals surface area contributed by atoms with E-state index in [9.17, 15) is 18.6 Å². The van der Waals surface area contributed by atoms with Crippen molar-refractivity contribution in [3.8, 4) is 0 Å². The van der Waals surface area contributed by atoms with Crippen LogP contribution >= 0.6 is 0 Å². The molecule has 1 heterocycles. The van der Waals surface area contributed by atoms with Crippen LogP contribution in [0.1, 0.15) is 0 Å². The maximum absolute atomic E-state index is 10.5. The summed E-state index contributed by atoms with van der Waals surface area (Å²) >= 11 is 0. The van der Waals surface area contributed by atoms with Gasteiger partial charge in [-0.3, -0.25) is 4.55 Å². The monoisotopic (exact) mass is 243 g/mol. The fraction of sp³-hybridized carbons (Fsp3) is 1.00. The first kappa shape index (κ1) is 12.8. The second-order valence-electron chi connectivity index (χ2n) is 3.37. The largest absolute Gasteiger partial charge is 0.388 e. The zero-order valence-electron chi connectivity index (χ0n) is 7.59. The van der Waals surface area contributed by atoms with Crippen LogP contribution in [-0.2, 0) is 14.9 Å². The lowest BCUT2D eigenvalue weighted by Gasteiger charge is -2.38. The molecule has 8 nitrogen and oxygen atoms in total. The Bertz CT molecular complexity index is 317. The third-order valence-electron chi connectivity index (χ3n) is 2.14. The zero-order valence-corrected chi connectivity index (χ0v) is 8.41. The zero-order chi connectivity index (χ0) is 11.8. The van der Waals surface area contributed by atoms with Gasteiger partial charge in [-0.2, -0.15) is 8.42 Å². The molecular formula is C6H13NO7S. The first-order valence-corrected chi connectivity index (χ1v) is 5.73. The van der Waals surface area contributed by atoms with Gasteiger partial charge in [0.1, 0.15) is 24.1 Å². The molecule has 0 amide bonds. The van der Waals surface area contributed by atoms with E-state index in [1.54, 1.807) is 0 Å². The molecular weight excluding hydrogens is 230 g/mol. The first-order chi connectivity index (χ1) is 6.72. The minimum absolute atomic E-state index is 0.922. The minimum Gasteiger partial charge on any atom is -0.388 e. The van der Waals surface area contributed by atoms with Crippen LogP contribution in [0.15, 0.2) is 0 Å². The van der Waals surface area contributed by atoms with Crippen molar-refractivity contribution < 1.29 is 33.0 Å². The van der Waals surface area contributed by atoms with Gasteiger partial charge in [0.2, 0.25) is 0 Å². The van der Waals surface area contributed by atoms with E-state index >= 15 is 0 Å². The average molecular weight is 243 g/mol. The third-order valence-corrected chi connectivity index (χ3v) is 2.89. The van der Waals surface area contributed by atoms with Crippen LogP contribution in [0.3, 0.4) is 0 Å². The summed E-state index contributed by atoms with van der Waals surface area (Å²) < 4.78 is 34.2. The summed E-state index contributed by atoms with van der Waals surface area (Å²) in [6.07, 6.45) is -6.09. The average Bonchev–Trinajstić information content (AvgIpc) is 2.08. The number of hydrogen-bond acceptors (Lipinski definition) is 7. The Morgan fingerprint density at radius 1 is 1.20 bits per heavy atom. The van der Waals surface area contributed by atoms with Crippen LogP contribution in [0.4, 0.5) is 0 Å². The van der Waals surface area contributed by atoms with E-state index in [4.69, 9.17) is 15.4 Å². The molecule has 0 aromatic heterocycles. The molecule has 0 saturated carbocycles. The van der Waals surface area contributed by atoms with Crippen molar-refractivity contribution in [1.29, 1.82) is 0 Å². The Labute approximate surface area is 86.0 Å². The summed E-state index contributed by atoms with van der Waals surface area (Å²) in [5.41, 5.74) is 5.24. The van der Waals surface area contributed by atoms with E-state index in [1.165, 1.54) is 0 Å². The lowest BCUT2D eigenvalue weighted by molar-refractivity contribution is -0.235. The number of rotatable bonds is 2. The highest BCUT2D eigenvalue weighted by molar-refractivity contribution is 7.85. The predicted octanol–water partition coefficient (Wildman–Crippen LogP) is -3.36. The maximum atomic E-state index is 10.5. The number of ether oxygens (including phenoxy) is 1. The molecule has 0 spiro atoms. The van der Waals surface area contributed by atoms with Crippen molar-refractivity contribution in [1.82, 2.24) is 0 Å². The highest BCUT2D eigenvalue weighted by Gasteiger charge is 2.43. The fourth-order valence-electron chi connectivity index (χ4n) is 1.31. The molecule has 6 N–H and O–H groups in total. The van der Waals surface area contributed by atoms with Gasteiger partial charge in [0, 0.05) is 0 Å². The molecule has 1 saturated heterocycles. The van der Waals surface area contributed by atoms with Crippen molar-refractivity contribution in [3.63, 3.8) is 0 Å². The highest BCUT2D eigenvalue weighted by Crippen LogP contribution is 2.19. The van der Waals surface area contributed by atoms with E-state index < -0.39 is 46.5 Å². The van der Waals surface area contributed by atoms with Gasteiger partial charge in [0.15, 0.2) is 6.29 Å². The lowest BCUT2D eigenvalue weighted by Crippen LogP contribution is -2.62. The van der Waals surface area contributed by atoms with Gasteiger partial charge in [0.05, 0.1) is 6.04 Å². The van der Waals surface area contributed by atoms with Crippen LogP contribution in [0, 0.1) is 0 Å². The van der Waals surface area contributed by atoms with Gasteiger partial charge in [-0.25, -0.2) is 0 Å². The summed E-state index contributed by atoms with van der Waals surface area (Å²) in [5.74, 6) is -0.922. The summed E-state index contributed by atoms with van der Waals surface area (Å²) in [5, 5.41) is 27.8. The molecule has 0 radical (unpaired) electrons. The van der Waals surface area contributed by atoms with E-state index in [-0.39, 0.29) is 0 Å². The van der Waals surface area contributed by atoms with Crippen LogP contribution in [-0.4, -0.2) is 64.7 Å². The predicted molar refractivity (Wildman–Crippen MR) is 47.3 cm³/mol. The molecule has 5 atom stereocenters. The first-order valence-electron chi connectivity index (χ1n) is 4.13. The molecule has 0 bridgehead atoms. The Hall–Kier alpha value is -0.290. The second kappa shape index (κ2) is 4.29. The molecule has 1 fully saturated rings. The molecule has 9 heteroatoms. The standard InChI is InChI=1S/C6H13NO7S/c7-3-5(9)4(8)2(14-6(3)10)1-15(11,12)13/h2-6,8-10H,1,7H2,(H,11,12,13)/t2-,3-,4-,5-,6-/m1/s1. The van der Waals surface area contributed by atoms with Crippen molar-refractivity contribution in [2.24, 2.45) is 5.73 Å². The fourth-order valence-corrected chi connectivity index (χ4v) is 2.00. The Balaban J connectivity index is 2.75. The smallest absolute Gasteiger partial charge is 0.267 e. The van der Waals surface area contributed by atoms with Gasteiger partial charge < -0.3 is 25.8 Å². The molecule has 0 unspecified atom stereocenters. The van der Waals surface area contributed by atoms with Gasteiger partial charge in [-0.05, 0) is 0 Å². The van der Waals surface area contributed by atoms with Crippen molar-refractivity contribution in [3.05, 3.63) is 0 Å². The van der Waals surface area contributed by atoms with Crippen molar-refractivity contribution in [2.45, 2.75) is 30.6 Å². The summed E-state index contributed by atoms with van der Waals surface area (Å²) in [6, 6.07) is -1.22. The summed E-state index contributed by atoms with van der Waals surface area (Å²) in [4.78, 5) is 0.